The van der Waals surface area contributed by atoms with Crippen LogP contribution < -0.4 is 0 Å². The molecule has 0 aromatic carbocycles. The van der Waals surface area contributed by atoms with Crippen molar-refractivity contribution < 1.29 is 80.2 Å². The Morgan fingerprint density at radius 1 is 0.301 bits per heavy atom. The van der Waals surface area contributed by atoms with Gasteiger partial charge in [0, 0.05) is 25.7 Å². The smallest absolute Gasteiger partial charge is 0.462 e. The Labute approximate surface area is 568 Å². The Hall–Kier alpha value is -1.94. The molecule has 17 nitrogen and oxygen atoms in total. The Morgan fingerprint density at radius 3 is 0.763 bits per heavy atom. The number of rotatable bonds is 71. The highest BCUT2D eigenvalue weighted by molar-refractivity contribution is 7.47. The summed E-state index contributed by atoms with van der Waals surface area (Å²) in [6.45, 7) is 14.2. The minimum absolute atomic E-state index is 0.102. The van der Waals surface area contributed by atoms with Gasteiger partial charge in [0.2, 0.25) is 0 Å². The summed E-state index contributed by atoms with van der Waals surface area (Å²) in [5, 5.41) is 10.6. The Morgan fingerprint density at radius 2 is 0.516 bits per heavy atom. The zero-order valence-corrected chi connectivity index (χ0v) is 62.7. The summed E-state index contributed by atoms with van der Waals surface area (Å²) in [5.74, 6) is 0.949. The minimum Gasteiger partial charge on any atom is -0.462 e. The second-order valence-corrected chi connectivity index (χ2v) is 31.0. The number of ether oxygens (including phenoxy) is 4. The number of carbonyl (C=O) groups is 4. The van der Waals surface area contributed by atoms with Crippen LogP contribution in [0.3, 0.4) is 0 Å². The molecule has 19 heteroatoms. The summed E-state index contributed by atoms with van der Waals surface area (Å²) in [5.41, 5.74) is 0. The van der Waals surface area contributed by atoms with Crippen molar-refractivity contribution in [2.75, 3.05) is 39.6 Å². The quantitative estimate of drug-likeness (QED) is 0.0222. The van der Waals surface area contributed by atoms with Crippen LogP contribution in [0, 0.1) is 23.7 Å². The van der Waals surface area contributed by atoms with E-state index in [4.69, 9.17) is 37.0 Å². The van der Waals surface area contributed by atoms with Crippen molar-refractivity contribution in [2.45, 2.75) is 388 Å². The Bertz CT molecular complexity index is 1840. The third kappa shape index (κ3) is 65.8. The van der Waals surface area contributed by atoms with E-state index in [1.807, 2.05) is 0 Å². The van der Waals surface area contributed by atoms with Crippen molar-refractivity contribution >= 4 is 39.5 Å². The average Bonchev–Trinajstić information content (AvgIpc) is 3.09. The van der Waals surface area contributed by atoms with E-state index in [0.717, 1.165) is 108 Å². The van der Waals surface area contributed by atoms with Gasteiger partial charge in [-0.2, -0.15) is 0 Å². The number of phosphoric acid groups is 2. The fourth-order valence-electron chi connectivity index (χ4n) is 11.1. The first-order valence-corrected chi connectivity index (χ1v) is 41.3. The fourth-order valence-corrected chi connectivity index (χ4v) is 12.7. The maximum absolute atomic E-state index is 13.1. The van der Waals surface area contributed by atoms with Gasteiger partial charge in [0.05, 0.1) is 26.4 Å². The van der Waals surface area contributed by atoms with E-state index in [-0.39, 0.29) is 25.7 Å². The van der Waals surface area contributed by atoms with Crippen molar-refractivity contribution in [3.63, 3.8) is 0 Å². The van der Waals surface area contributed by atoms with Gasteiger partial charge in [-0.25, -0.2) is 9.13 Å². The third-order valence-electron chi connectivity index (χ3n) is 17.8. The van der Waals surface area contributed by atoms with Crippen molar-refractivity contribution in [1.29, 1.82) is 0 Å². The SMILES string of the molecule is CCC(C)CCCCCCCCCCCCCCCCC(=O)OC[C@H](COP(=O)(O)OCC(O)COP(=O)(O)OC[C@@H](COC(=O)CCCCCCCCCCC(C)C)OC(=O)CCCCCCCCCC(C)C)OC(=O)CCCCCCCCCCCCC(C)CC. The molecule has 0 aromatic heterocycles. The standard InChI is InChI=1S/C74H144O17P2/c1-9-66(7)52-44-36-28-19-15-13-11-12-14-16-21-30-38-46-54-71(76)84-60-69(90-73(78)56-48-40-32-22-18-17-20-29-37-45-53-67(8)10-2)62-88-92(80,81)86-58-68(75)59-87-93(82,83)89-63-70(91-74(79)57-49-41-33-25-27-35-43-51-65(5)6)61-85-72(77)55-47-39-31-24-23-26-34-42-50-64(3)4/h64-70,75H,9-63H2,1-8H3,(H,80,81)(H,82,83)/t66?,67?,68?,69-,70-/m1/s1. The second-order valence-electron chi connectivity index (χ2n) is 28.1. The molecule has 0 amide bonds. The molecule has 0 aliphatic rings. The molecule has 0 bridgehead atoms. The molecule has 7 atom stereocenters. The van der Waals surface area contributed by atoms with Crippen LogP contribution in [0.25, 0.3) is 0 Å². The van der Waals surface area contributed by atoms with Crippen LogP contribution in [0.4, 0.5) is 0 Å². The van der Waals surface area contributed by atoms with Crippen LogP contribution in [0.15, 0.2) is 0 Å². The van der Waals surface area contributed by atoms with Crippen molar-refractivity contribution in [3.8, 4) is 0 Å². The number of hydrogen-bond acceptors (Lipinski definition) is 15. The number of carbonyl (C=O) groups excluding carboxylic acids is 4. The van der Waals surface area contributed by atoms with Gasteiger partial charge in [-0.3, -0.25) is 37.3 Å². The van der Waals surface area contributed by atoms with Gasteiger partial charge in [0.15, 0.2) is 12.2 Å². The van der Waals surface area contributed by atoms with E-state index in [1.54, 1.807) is 0 Å². The van der Waals surface area contributed by atoms with E-state index < -0.39 is 97.5 Å². The summed E-state index contributed by atoms with van der Waals surface area (Å²) in [7, 11) is -9.91. The molecule has 0 saturated carbocycles. The summed E-state index contributed by atoms with van der Waals surface area (Å²) < 4.78 is 68.4. The molecule has 5 unspecified atom stereocenters. The summed E-state index contributed by atoms with van der Waals surface area (Å²) in [6, 6.07) is 0. The Balaban J connectivity index is 5.23. The highest BCUT2D eigenvalue weighted by Crippen LogP contribution is 2.45. The molecule has 3 N–H and O–H groups in total. The molecule has 0 heterocycles. The lowest BCUT2D eigenvalue weighted by molar-refractivity contribution is -0.161. The number of esters is 4. The zero-order chi connectivity index (χ0) is 68.9. The van der Waals surface area contributed by atoms with Crippen LogP contribution in [-0.2, 0) is 65.4 Å². The molecule has 0 spiro atoms. The normalized spacial score (nSPS) is 14.8. The number of aliphatic hydroxyl groups excluding tert-OH is 1. The molecule has 0 saturated heterocycles. The zero-order valence-electron chi connectivity index (χ0n) is 60.9. The van der Waals surface area contributed by atoms with Crippen LogP contribution >= 0.6 is 15.6 Å². The Kier molecular flexibility index (Phi) is 62.2. The minimum atomic E-state index is -4.96. The first kappa shape index (κ1) is 91.1. The summed E-state index contributed by atoms with van der Waals surface area (Å²) in [4.78, 5) is 72.7. The lowest BCUT2D eigenvalue weighted by Crippen LogP contribution is -2.30. The molecule has 0 fully saturated rings. The molecule has 0 rings (SSSR count). The molecular weight excluding hydrogens is 1220 g/mol. The second kappa shape index (κ2) is 63.5. The van der Waals surface area contributed by atoms with E-state index in [2.05, 4.69) is 55.4 Å². The number of hydrogen-bond donors (Lipinski definition) is 3. The van der Waals surface area contributed by atoms with Gasteiger partial charge in [-0.1, -0.05) is 319 Å². The van der Waals surface area contributed by atoms with Crippen LogP contribution in [0.2, 0.25) is 0 Å². The maximum atomic E-state index is 13.1. The maximum Gasteiger partial charge on any atom is 0.472 e. The lowest BCUT2D eigenvalue weighted by atomic mass is 9.99. The third-order valence-corrected chi connectivity index (χ3v) is 19.7. The summed E-state index contributed by atoms with van der Waals surface area (Å²) >= 11 is 0. The van der Waals surface area contributed by atoms with Crippen molar-refractivity contribution in [2.24, 2.45) is 23.7 Å². The first-order valence-electron chi connectivity index (χ1n) is 38.3. The molecule has 552 valence electrons. The molecule has 0 aliphatic heterocycles. The summed E-state index contributed by atoms with van der Waals surface area (Å²) in [6.07, 6.45) is 47.2. The topological polar surface area (TPSA) is 237 Å². The van der Waals surface area contributed by atoms with Gasteiger partial charge < -0.3 is 33.8 Å². The number of unbranched alkanes of at least 4 members (excludes halogenated alkanes) is 35. The molecule has 0 aromatic rings. The molecule has 0 aliphatic carbocycles. The highest BCUT2D eigenvalue weighted by Gasteiger charge is 2.30. The number of aliphatic hydroxyl groups is 1. The van der Waals surface area contributed by atoms with E-state index in [0.29, 0.717) is 31.6 Å². The fraction of sp³-hybridized carbons (Fsp3) is 0.946. The van der Waals surface area contributed by atoms with Gasteiger partial charge in [-0.05, 0) is 49.4 Å². The number of phosphoric ester groups is 2. The van der Waals surface area contributed by atoms with Crippen LogP contribution in [-0.4, -0.2) is 96.7 Å². The molecular formula is C74H144O17P2. The van der Waals surface area contributed by atoms with E-state index >= 15 is 0 Å². The highest BCUT2D eigenvalue weighted by atomic mass is 31.2. The van der Waals surface area contributed by atoms with Gasteiger partial charge in [-0.15, -0.1) is 0 Å². The van der Waals surface area contributed by atoms with E-state index in [1.165, 1.54) is 173 Å². The van der Waals surface area contributed by atoms with Crippen molar-refractivity contribution in [1.82, 2.24) is 0 Å². The predicted molar refractivity (Wildman–Crippen MR) is 377 cm³/mol. The van der Waals surface area contributed by atoms with Crippen molar-refractivity contribution in [3.05, 3.63) is 0 Å². The van der Waals surface area contributed by atoms with E-state index in [9.17, 15) is 43.2 Å². The molecule has 93 heavy (non-hydrogen) atoms. The van der Waals surface area contributed by atoms with Crippen LogP contribution in [0.5, 0.6) is 0 Å². The largest absolute Gasteiger partial charge is 0.472 e. The first-order chi connectivity index (χ1) is 44.7. The van der Waals surface area contributed by atoms with Gasteiger partial charge >= 0.3 is 39.5 Å². The monoisotopic (exact) mass is 1370 g/mol. The lowest BCUT2D eigenvalue weighted by Gasteiger charge is -2.21. The van der Waals surface area contributed by atoms with Gasteiger partial charge in [0.1, 0.15) is 19.3 Å². The van der Waals surface area contributed by atoms with Crippen LogP contribution in [0.1, 0.15) is 370 Å². The van der Waals surface area contributed by atoms with Gasteiger partial charge in [0.25, 0.3) is 0 Å². The predicted octanol–water partition coefficient (Wildman–Crippen LogP) is 21.3. The average molecular weight is 1370 g/mol. The molecule has 0 radical (unpaired) electrons.